The summed E-state index contributed by atoms with van der Waals surface area (Å²) in [7, 11) is 0. The molecule has 25 heavy (non-hydrogen) atoms. The molecule has 5 rings (SSSR count). The topological polar surface area (TPSA) is 59.6 Å². The highest BCUT2D eigenvalue weighted by Gasteiger charge is 2.22. The Morgan fingerprint density at radius 2 is 1.92 bits per heavy atom. The van der Waals surface area contributed by atoms with Crippen LogP contribution in [0.1, 0.15) is 29.2 Å². The quantitative estimate of drug-likeness (QED) is 0.773. The van der Waals surface area contributed by atoms with E-state index in [0.717, 1.165) is 30.9 Å². The van der Waals surface area contributed by atoms with Gasteiger partial charge in [0, 0.05) is 13.1 Å². The van der Waals surface area contributed by atoms with Crippen molar-refractivity contribution in [1.82, 2.24) is 10.6 Å². The highest BCUT2D eigenvalue weighted by atomic mass is 16.5. The molecule has 0 fully saturated rings. The summed E-state index contributed by atoms with van der Waals surface area (Å²) < 4.78 is 11.5. The van der Waals surface area contributed by atoms with Gasteiger partial charge in [0.1, 0.15) is 11.5 Å². The SMILES string of the molecule is O=C1COc2ccc3c(c2)CCNC3c2cccc(c2)OCCCN1. The van der Waals surface area contributed by atoms with Crippen LogP contribution in [0.4, 0.5) is 0 Å². The van der Waals surface area contributed by atoms with Gasteiger partial charge in [-0.2, -0.15) is 0 Å². The summed E-state index contributed by atoms with van der Waals surface area (Å²) in [5.74, 6) is 1.51. The van der Waals surface area contributed by atoms with E-state index in [4.69, 9.17) is 9.47 Å². The van der Waals surface area contributed by atoms with Crippen molar-refractivity contribution in [3.63, 3.8) is 0 Å². The predicted molar refractivity (Wildman–Crippen MR) is 95.1 cm³/mol. The van der Waals surface area contributed by atoms with Crippen LogP contribution in [0.15, 0.2) is 42.5 Å². The fourth-order valence-electron chi connectivity index (χ4n) is 3.40. The van der Waals surface area contributed by atoms with Crippen molar-refractivity contribution in [2.75, 3.05) is 26.3 Å². The van der Waals surface area contributed by atoms with Crippen molar-refractivity contribution in [3.05, 3.63) is 59.2 Å². The van der Waals surface area contributed by atoms with E-state index in [2.05, 4.69) is 34.9 Å². The van der Waals surface area contributed by atoms with E-state index in [-0.39, 0.29) is 18.6 Å². The van der Waals surface area contributed by atoms with Crippen molar-refractivity contribution in [1.29, 1.82) is 0 Å². The van der Waals surface area contributed by atoms with Gasteiger partial charge in [-0.3, -0.25) is 4.79 Å². The average Bonchev–Trinajstić information content (AvgIpc) is 2.65. The number of carbonyl (C=O) groups excluding carboxylic acids is 1. The third-order valence-corrected chi connectivity index (χ3v) is 4.64. The van der Waals surface area contributed by atoms with Crippen LogP contribution in [0, 0.1) is 0 Å². The number of nitrogens with one attached hydrogen (secondary N) is 2. The van der Waals surface area contributed by atoms with Gasteiger partial charge < -0.3 is 20.1 Å². The van der Waals surface area contributed by atoms with Crippen LogP contribution < -0.4 is 20.1 Å². The summed E-state index contributed by atoms with van der Waals surface area (Å²) in [6.07, 6.45) is 1.71. The summed E-state index contributed by atoms with van der Waals surface area (Å²) in [4.78, 5) is 11.9. The van der Waals surface area contributed by atoms with Crippen molar-refractivity contribution < 1.29 is 14.3 Å². The first-order chi connectivity index (χ1) is 12.3. The van der Waals surface area contributed by atoms with Crippen LogP contribution in [0.3, 0.4) is 0 Å². The molecule has 130 valence electrons. The van der Waals surface area contributed by atoms with E-state index in [1.165, 1.54) is 16.7 Å². The maximum atomic E-state index is 11.9. The molecule has 2 aromatic carbocycles. The van der Waals surface area contributed by atoms with E-state index in [0.29, 0.717) is 13.2 Å². The fraction of sp³-hybridized carbons (Fsp3) is 0.350. The molecular weight excluding hydrogens is 316 g/mol. The molecule has 0 spiro atoms. The Balaban J connectivity index is 1.70. The second kappa shape index (κ2) is 7.15. The molecule has 5 heteroatoms. The molecule has 0 aromatic heterocycles. The number of fused-ring (bicyclic) bond motifs is 8. The lowest BCUT2D eigenvalue weighted by Gasteiger charge is -2.28. The number of rotatable bonds is 0. The molecule has 0 saturated heterocycles. The first-order valence-electron chi connectivity index (χ1n) is 8.78. The van der Waals surface area contributed by atoms with Crippen molar-refractivity contribution >= 4 is 5.91 Å². The van der Waals surface area contributed by atoms with Gasteiger partial charge in [-0.15, -0.1) is 0 Å². The van der Waals surface area contributed by atoms with E-state index < -0.39 is 0 Å². The van der Waals surface area contributed by atoms with E-state index in [1.54, 1.807) is 0 Å². The van der Waals surface area contributed by atoms with Gasteiger partial charge >= 0.3 is 0 Å². The molecule has 1 atom stereocenters. The second-order valence-electron chi connectivity index (χ2n) is 6.41. The number of carbonyl (C=O) groups is 1. The van der Waals surface area contributed by atoms with Crippen molar-refractivity contribution in [2.24, 2.45) is 0 Å². The van der Waals surface area contributed by atoms with E-state index in [1.807, 2.05) is 18.2 Å². The summed E-state index contributed by atoms with van der Waals surface area (Å²) in [5.41, 5.74) is 3.72. The highest BCUT2D eigenvalue weighted by molar-refractivity contribution is 5.77. The van der Waals surface area contributed by atoms with Crippen molar-refractivity contribution in [2.45, 2.75) is 18.9 Å². The Kier molecular flexibility index (Phi) is 4.57. The molecule has 0 saturated carbocycles. The number of benzene rings is 2. The highest BCUT2D eigenvalue weighted by Crippen LogP contribution is 2.32. The van der Waals surface area contributed by atoms with Crippen LogP contribution in [0.25, 0.3) is 0 Å². The lowest BCUT2D eigenvalue weighted by Crippen LogP contribution is -2.31. The molecule has 1 amide bonds. The molecule has 0 radical (unpaired) electrons. The Bertz CT molecular complexity index is 775. The van der Waals surface area contributed by atoms with Crippen LogP contribution in [0.2, 0.25) is 0 Å². The minimum atomic E-state index is -0.105. The smallest absolute Gasteiger partial charge is 0.257 e. The molecule has 2 aromatic rings. The summed E-state index contributed by atoms with van der Waals surface area (Å²) in [6.45, 7) is 2.10. The Morgan fingerprint density at radius 3 is 2.88 bits per heavy atom. The van der Waals surface area contributed by atoms with Crippen LogP contribution in [-0.4, -0.2) is 32.2 Å². The number of hydrogen-bond acceptors (Lipinski definition) is 4. The predicted octanol–water partition coefficient (Wildman–Crippen LogP) is 2.20. The second-order valence-corrected chi connectivity index (χ2v) is 6.41. The molecule has 3 aliphatic heterocycles. The van der Waals surface area contributed by atoms with Gasteiger partial charge in [0.05, 0.1) is 12.6 Å². The standard InChI is InChI=1S/C20H22N2O3/c23-19-13-25-17-5-6-18-14(11-17)7-9-22-20(18)15-3-1-4-16(12-15)24-10-2-8-21-19/h1,3-6,11-12,20,22H,2,7-10,13H2,(H,21,23). The minimum absolute atomic E-state index is 0.0420. The third-order valence-electron chi connectivity index (χ3n) is 4.64. The first-order valence-corrected chi connectivity index (χ1v) is 8.78. The number of amides is 1. The molecule has 2 N–H and O–H groups in total. The Morgan fingerprint density at radius 1 is 1.00 bits per heavy atom. The number of ether oxygens (including phenoxy) is 2. The first kappa shape index (κ1) is 16.0. The van der Waals surface area contributed by atoms with Gasteiger partial charge in [-0.1, -0.05) is 18.2 Å². The van der Waals surface area contributed by atoms with Crippen molar-refractivity contribution in [3.8, 4) is 11.5 Å². The van der Waals surface area contributed by atoms with Gasteiger partial charge in [0.25, 0.3) is 5.91 Å². The molecule has 3 heterocycles. The zero-order chi connectivity index (χ0) is 17.1. The van der Waals surface area contributed by atoms with Gasteiger partial charge in [-0.25, -0.2) is 0 Å². The molecule has 5 nitrogen and oxygen atoms in total. The van der Waals surface area contributed by atoms with Crippen LogP contribution >= 0.6 is 0 Å². The zero-order valence-electron chi connectivity index (χ0n) is 14.1. The summed E-state index contributed by atoms with van der Waals surface area (Å²) >= 11 is 0. The lowest BCUT2D eigenvalue weighted by molar-refractivity contribution is -0.123. The maximum absolute atomic E-state index is 11.9. The molecule has 3 aliphatic rings. The molecule has 1 unspecified atom stereocenters. The Labute approximate surface area is 147 Å². The lowest BCUT2D eigenvalue weighted by atomic mass is 9.89. The summed E-state index contributed by atoms with van der Waals surface area (Å²) in [6, 6.07) is 14.5. The maximum Gasteiger partial charge on any atom is 0.257 e. The van der Waals surface area contributed by atoms with Gasteiger partial charge in [0.15, 0.2) is 6.61 Å². The summed E-state index contributed by atoms with van der Waals surface area (Å²) in [5, 5.41) is 6.45. The largest absolute Gasteiger partial charge is 0.494 e. The fourth-order valence-corrected chi connectivity index (χ4v) is 3.40. The van der Waals surface area contributed by atoms with Crippen LogP contribution in [-0.2, 0) is 11.2 Å². The zero-order valence-corrected chi connectivity index (χ0v) is 14.1. The number of hydrogen-bond donors (Lipinski definition) is 2. The molecular formula is C20H22N2O3. The van der Waals surface area contributed by atoms with E-state index >= 15 is 0 Å². The third kappa shape index (κ3) is 3.61. The molecule has 0 aliphatic carbocycles. The monoisotopic (exact) mass is 338 g/mol. The molecule has 6 bridgehead atoms. The van der Waals surface area contributed by atoms with Crippen LogP contribution in [0.5, 0.6) is 11.5 Å². The normalized spacial score (nSPS) is 20.3. The average molecular weight is 338 g/mol. The van der Waals surface area contributed by atoms with Gasteiger partial charge in [-0.05, 0) is 53.8 Å². The minimum Gasteiger partial charge on any atom is -0.494 e. The van der Waals surface area contributed by atoms with E-state index in [9.17, 15) is 4.79 Å². The Hall–Kier alpha value is -2.53. The van der Waals surface area contributed by atoms with Gasteiger partial charge in [0.2, 0.25) is 0 Å².